The number of halogens is 1. The number of hydrogen-bond acceptors (Lipinski definition) is 5. The van der Waals surface area contributed by atoms with Gasteiger partial charge in [0.2, 0.25) is 15.9 Å². The third kappa shape index (κ3) is 6.86. The maximum Gasteiger partial charge on any atom is 0.245 e. The summed E-state index contributed by atoms with van der Waals surface area (Å²) in [6.45, 7) is 0.896. The summed E-state index contributed by atoms with van der Waals surface area (Å²) < 4.78 is 36.7. The van der Waals surface area contributed by atoms with Gasteiger partial charge in [0.05, 0.1) is 25.2 Å². The maximum atomic E-state index is 14.1. The molecule has 42 heavy (non-hydrogen) atoms. The van der Waals surface area contributed by atoms with Crippen molar-refractivity contribution in [3.8, 4) is 0 Å². The molecule has 1 aliphatic carbocycles. The number of fused-ring (bicyclic) bond motifs is 1. The first-order valence-electron chi connectivity index (χ1n) is 14.4. The molecule has 0 radical (unpaired) electrons. The fourth-order valence-electron chi connectivity index (χ4n) is 5.69. The number of amides is 1. The predicted molar refractivity (Wildman–Crippen MR) is 165 cm³/mol. The van der Waals surface area contributed by atoms with Gasteiger partial charge in [0.15, 0.2) is 0 Å². The van der Waals surface area contributed by atoms with Gasteiger partial charge in [-0.05, 0) is 48.7 Å². The summed E-state index contributed by atoms with van der Waals surface area (Å²) in [6, 6.07) is 20.4. The van der Waals surface area contributed by atoms with E-state index >= 15 is 0 Å². The highest BCUT2D eigenvalue weighted by atomic mass is 35.5. The van der Waals surface area contributed by atoms with E-state index in [1.165, 1.54) is 11.4 Å². The van der Waals surface area contributed by atoms with Crippen LogP contribution < -0.4 is 0 Å². The van der Waals surface area contributed by atoms with Crippen LogP contribution in [0, 0.1) is 0 Å². The number of benzene rings is 2. The number of carbonyl (C=O) groups is 1. The quantitative estimate of drug-likeness (QED) is 0.205. The lowest BCUT2D eigenvalue weighted by atomic mass is 9.94. The monoisotopic (exact) mass is 608 g/mol. The molecule has 0 bridgehead atoms. The lowest BCUT2D eigenvalue weighted by Gasteiger charge is -2.36. The van der Waals surface area contributed by atoms with Gasteiger partial charge in [-0.1, -0.05) is 67.3 Å². The Morgan fingerprint density at radius 2 is 1.81 bits per heavy atom. The first-order valence-corrected chi connectivity index (χ1v) is 16.2. The molecule has 1 amide bonds. The van der Waals surface area contributed by atoms with Gasteiger partial charge in [0.1, 0.15) is 4.90 Å². The molecule has 0 N–H and O–H groups in total. The minimum Gasteiger partial charge on any atom is -0.383 e. The second-order valence-corrected chi connectivity index (χ2v) is 13.0. The Morgan fingerprint density at radius 3 is 2.60 bits per heavy atom. The van der Waals surface area contributed by atoms with Gasteiger partial charge in [-0.2, -0.15) is 4.31 Å². The third-order valence-corrected chi connectivity index (χ3v) is 10.2. The predicted octanol–water partition coefficient (Wildman–Crippen LogP) is 5.74. The minimum absolute atomic E-state index is 0.0427. The Labute approximate surface area is 252 Å². The van der Waals surface area contributed by atoms with Crippen LogP contribution in [0.1, 0.15) is 43.4 Å². The SMILES string of the molecule is COCCN(CC(=O)N(Cc1cccn1Cc1ccccc1Cl)C1CCCCC1)S(=O)(=O)c1cccc2cccnc12. The summed E-state index contributed by atoms with van der Waals surface area (Å²) in [7, 11) is -2.53. The topological polar surface area (TPSA) is 84.7 Å². The number of carbonyl (C=O) groups excluding carboxylic acids is 1. The van der Waals surface area contributed by atoms with E-state index in [-0.39, 0.29) is 36.5 Å². The molecule has 222 valence electrons. The molecule has 2 heterocycles. The van der Waals surface area contributed by atoms with Crippen molar-refractivity contribution in [3.63, 3.8) is 0 Å². The summed E-state index contributed by atoms with van der Waals surface area (Å²) in [5, 5.41) is 1.42. The fourth-order valence-corrected chi connectivity index (χ4v) is 7.42. The summed E-state index contributed by atoms with van der Waals surface area (Å²) in [5.74, 6) is -0.222. The summed E-state index contributed by atoms with van der Waals surface area (Å²) >= 11 is 6.45. The zero-order valence-electron chi connectivity index (χ0n) is 23.9. The van der Waals surface area contributed by atoms with Crippen molar-refractivity contribution < 1.29 is 17.9 Å². The second kappa shape index (κ2) is 13.8. The van der Waals surface area contributed by atoms with Crippen LogP contribution in [-0.4, -0.2) is 65.9 Å². The van der Waals surface area contributed by atoms with Gasteiger partial charge in [0, 0.05) is 54.7 Å². The van der Waals surface area contributed by atoms with Crippen LogP contribution in [0.2, 0.25) is 5.02 Å². The van der Waals surface area contributed by atoms with Crippen LogP contribution >= 0.6 is 11.6 Å². The van der Waals surface area contributed by atoms with E-state index in [4.69, 9.17) is 16.3 Å². The standard InChI is InChI=1S/C32H37ClN4O4S/c1-41-21-20-36(42(39,40)30-17-7-11-25-12-8-18-34-32(25)30)24-31(38)37(27-13-3-2-4-14-27)23-28-15-9-19-35(28)22-26-10-5-6-16-29(26)33/h5-12,15-19,27H,2-4,13-14,20-24H2,1H3. The maximum absolute atomic E-state index is 14.1. The summed E-state index contributed by atoms with van der Waals surface area (Å²) in [5.41, 5.74) is 2.35. The normalized spacial score (nSPS) is 14.5. The minimum atomic E-state index is -4.05. The molecule has 1 aliphatic rings. The zero-order valence-corrected chi connectivity index (χ0v) is 25.4. The van der Waals surface area contributed by atoms with Crippen molar-refractivity contribution in [1.29, 1.82) is 0 Å². The van der Waals surface area contributed by atoms with Crippen LogP contribution in [0.3, 0.4) is 0 Å². The molecular weight excluding hydrogens is 572 g/mol. The molecule has 2 aromatic heterocycles. The van der Waals surface area contributed by atoms with E-state index in [0.717, 1.165) is 48.7 Å². The first kappa shape index (κ1) is 30.2. The second-order valence-electron chi connectivity index (χ2n) is 10.7. The molecule has 2 aromatic carbocycles. The van der Waals surface area contributed by atoms with Crippen molar-refractivity contribution in [2.75, 3.05) is 26.8 Å². The molecule has 0 saturated heterocycles. The number of nitrogens with zero attached hydrogens (tertiary/aromatic N) is 4. The van der Waals surface area contributed by atoms with E-state index in [2.05, 4.69) is 9.55 Å². The molecule has 10 heteroatoms. The molecule has 0 aliphatic heterocycles. The van der Waals surface area contributed by atoms with Crippen LogP contribution in [0.25, 0.3) is 10.9 Å². The number of sulfonamides is 1. The number of pyridine rings is 1. The smallest absolute Gasteiger partial charge is 0.245 e. The van der Waals surface area contributed by atoms with Crippen molar-refractivity contribution in [2.45, 2.75) is 56.1 Å². The molecule has 0 atom stereocenters. The molecular formula is C32H37ClN4O4S. The van der Waals surface area contributed by atoms with Crippen molar-refractivity contribution in [2.24, 2.45) is 0 Å². The molecule has 1 fully saturated rings. The van der Waals surface area contributed by atoms with E-state index in [1.54, 1.807) is 24.4 Å². The molecule has 5 rings (SSSR count). The lowest BCUT2D eigenvalue weighted by Crippen LogP contribution is -2.48. The molecule has 1 saturated carbocycles. The van der Waals surface area contributed by atoms with Gasteiger partial charge < -0.3 is 14.2 Å². The summed E-state index contributed by atoms with van der Waals surface area (Å²) in [4.78, 5) is 20.5. The molecule has 8 nitrogen and oxygen atoms in total. The van der Waals surface area contributed by atoms with E-state index in [1.807, 2.05) is 59.6 Å². The highest BCUT2D eigenvalue weighted by Crippen LogP contribution is 2.27. The van der Waals surface area contributed by atoms with Gasteiger partial charge >= 0.3 is 0 Å². The van der Waals surface area contributed by atoms with Crippen molar-refractivity contribution >= 4 is 38.4 Å². The average molecular weight is 609 g/mol. The van der Waals surface area contributed by atoms with E-state index in [0.29, 0.717) is 23.6 Å². The Balaban J connectivity index is 1.43. The van der Waals surface area contributed by atoms with E-state index < -0.39 is 10.0 Å². The van der Waals surface area contributed by atoms with Crippen LogP contribution in [-0.2, 0) is 32.6 Å². The van der Waals surface area contributed by atoms with E-state index in [9.17, 15) is 13.2 Å². The zero-order chi connectivity index (χ0) is 29.5. The van der Waals surface area contributed by atoms with Crippen molar-refractivity contribution in [1.82, 2.24) is 18.8 Å². The highest BCUT2D eigenvalue weighted by Gasteiger charge is 2.33. The number of ether oxygens (including phenoxy) is 1. The van der Waals surface area contributed by atoms with Crippen molar-refractivity contribution in [3.05, 3.63) is 95.4 Å². The highest BCUT2D eigenvalue weighted by molar-refractivity contribution is 7.89. The lowest BCUT2D eigenvalue weighted by molar-refractivity contribution is -0.135. The van der Waals surface area contributed by atoms with Crippen LogP contribution in [0.4, 0.5) is 0 Å². The molecule has 0 spiro atoms. The summed E-state index contributed by atoms with van der Waals surface area (Å²) in [6.07, 6.45) is 8.60. The van der Waals surface area contributed by atoms with Gasteiger partial charge in [0.25, 0.3) is 0 Å². The van der Waals surface area contributed by atoms with Gasteiger partial charge in [-0.3, -0.25) is 9.78 Å². The molecule has 4 aromatic rings. The van der Waals surface area contributed by atoms with Gasteiger partial charge in [-0.15, -0.1) is 0 Å². The number of hydrogen-bond donors (Lipinski definition) is 0. The largest absolute Gasteiger partial charge is 0.383 e. The average Bonchev–Trinajstić information content (AvgIpc) is 3.45. The Hall–Kier alpha value is -3.24. The Morgan fingerprint density at radius 1 is 1.02 bits per heavy atom. The Bertz CT molecular complexity index is 1610. The number of aromatic nitrogens is 2. The number of rotatable bonds is 12. The Kier molecular flexibility index (Phi) is 9.95. The number of methoxy groups -OCH3 is 1. The fraction of sp³-hybridized carbons (Fsp3) is 0.375. The van der Waals surface area contributed by atoms with Gasteiger partial charge in [-0.25, -0.2) is 8.42 Å². The third-order valence-electron chi connectivity index (χ3n) is 7.96. The number of para-hydroxylation sites is 1. The van der Waals surface area contributed by atoms with Crippen LogP contribution in [0.5, 0.6) is 0 Å². The molecule has 0 unspecified atom stereocenters. The first-order chi connectivity index (χ1) is 20.4. The van der Waals surface area contributed by atoms with Crippen LogP contribution in [0.15, 0.2) is 84.0 Å².